The van der Waals surface area contributed by atoms with Crippen molar-refractivity contribution in [3.63, 3.8) is 0 Å². The maximum atomic E-state index is 5.96. The highest BCUT2D eigenvalue weighted by atomic mass is 16.5. The summed E-state index contributed by atoms with van der Waals surface area (Å²) in [5.41, 5.74) is 6.92. The normalized spacial score (nSPS) is 26.8. The van der Waals surface area contributed by atoms with Crippen molar-refractivity contribution in [2.45, 2.75) is 50.7 Å². The Labute approximate surface area is 107 Å². The maximum absolute atomic E-state index is 5.96. The molecule has 0 saturated heterocycles. The van der Waals surface area contributed by atoms with Crippen molar-refractivity contribution in [2.24, 2.45) is 0 Å². The van der Waals surface area contributed by atoms with E-state index >= 15 is 0 Å². The monoisotopic (exact) mass is 248 g/mol. The molecule has 2 fully saturated rings. The number of nitrogens with two attached hydrogens (primary N) is 1. The minimum Gasteiger partial charge on any atom is -0.383 e. The molecule has 2 saturated carbocycles. The standard InChI is InChI=1S/C13H20N4O/c1-7-11(14)16-13(8-3-4-8)17-12(7)15-9-5-10(6-9)18-2/h8-10H,3-6H2,1-2H3,(H3,14,15,16,17). The third kappa shape index (κ3) is 2.14. The van der Waals surface area contributed by atoms with Crippen LogP contribution in [0.4, 0.5) is 11.6 Å². The zero-order chi connectivity index (χ0) is 12.7. The average molecular weight is 248 g/mol. The lowest BCUT2D eigenvalue weighted by Gasteiger charge is -2.35. The summed E-state index contributed by atoms with van der Waals surface area (Å²) < 4.78 is 5.28. The van der Waals surface area contributed by atoms with Crippen LogP contribution in [0, 0.1) is 6.92 Å². The summed E-state index contributed by atoms with van der Waals surface area (Å²) in [6, 6.07) is 0.454. The number of nitrogen functional groups attached to an aromatic ring is 1. The van der Waals surface area contributed by atoms with Crippen molar-refractivity contribution in [1.29, 1.82) is 0 Å². The van der Waals surface area contributed by atoms with E-state index in [-0.39, 0.29) is 0 Å². The number of hydrogen-bond donors (Lipinski definition) is 2. The molecule has 0 radical (unpaired) electrons. The Kier molecular flexibility index (Phi) is 2.86. The number of nitrogens with one attached hydrogen (secondary N) is 1. The predicted octanol–water partition coefficient (Wildman–Crippen LogP) is 1.83. The second-order valence-electron chi connectivity index (χ2n) is 5.39. The Morgan fingerprint density at radius 3 is 2.61 bits per heavy atom. The Morgan fingerprint density at radius 1 is 1.28 bits per heavy atom. The fourth-order valence-corrected chi connectivity index (χ4v) is 2.29. The van der Waals surface area contributed by atoms with Crippen LogP contribution in [-0.2, 0) is 4.74 Å². The van der Waals surface area contributed by atoms with Gasteiger partial charge in [0.25, 0.3) is 0 Å². The van der Waals surface area contributed by atoms with Crippen LogP contribution in [0.1, 0.15) is 43.0 Å². The highest BCUT2D eigenvalue weighted by molar-refractivity contribution is 5.55. The fourth-order valence-electron chi connectivity index (χ4n) is 2.29. The van der Waals surface area contributed by atoms with E-state index in [9.17, 15) is 0 Å². The molecule has 0 aromatic carbocycles. The Bertz CT molecular complexity index is 453. The molecular formula is C13H20N4O. The summed E-state index contributed by atoms with van der Waals surface area (Å²) in [4.78, 5) is 9.00. The van der Waals surface area contributed by atoms with Gasteiger partial charge in [0.2, 0.25) is 0 Å². The van der Waals surface area contributed by atoms with E-state index in [0.717, 1.165) is 30.0 Å². The van der Waals surface area contributed by atoms with Gasteiger partial charge in [-0.05, 0) is 32.6 Å². The Balaban J connectivity index is 1.74. The zero-order valence-electron chi connectivity index (χ0n) is 10.9. The van der Waals surface area contributed by atoms with Crippen molar-refractivity contribution in [2.75, 3.05) is 18.2 Å². The smallest absolute Gasteiger partial charge is 0.136 e. The Morgan fingerprint density at radius 2 is 2.00 bits per heavy atom. The van der Waals surface area contributed by atoms with Crippen molar-refractivity contribution in [3.8, 4) is 0 Å². The second kappa shape index (κ2) is 4.39. The van der Waals surface area contributed by atoms with Crippen LogP contribution in [-0.4, -0.2) is 29.2 Å². The minimum absolute atomic E-state index is 0.393. The quantitative estimate of drug-likeness (QED) is 0.850. The van der Waals surface area contributed by atoms with Crippen LogP contribution in [0.15, 0.2) is 0 Å². The molecular weight excluding hydrogens is 228 g/mol. The van der Waals surface area contributed by atoms with Crippen molar-refractivity contribution in [1.82, 2.24) is 9.97 Å². The molecule has 0 atom stereocenters. The predicted molar refractivity (Wildman–Crippen MR) is 70.6 cm³/mol. The SMILES string of the molecule is COC1CC(Nc2nc(C3CC3)nc(N)c2C)C1. The van der Waals surface area contributed by atoms with E-state index in [1.807, 2.05) is 6.92 Å². The molecule has 1 aromatic heterocycles. The molecule has 98 valence electrons. The second-order valence-corrected chi connectivity index (χ2v) is 5.39. The molecule has 1 heterocycles. The van der Waals surface area contributed by atoms with Crippen LogP contribution in [0.5, 0.6) is 0 Å². The topological polar surface area (TPSA) is 73.1 Å². The van der Waals surface area contributed by atoms with Crippen LogP contribution >= 0.6 is 0 Å². The van der Waals surface area contributed by atoms with Gasteiger partial charge in [-0.2, -0.15) is 0 Å². The fraction of sp³-hybridized carbons (Fsp3) is 0.692. The molecule has 0 bridgehead atoms. The van der Waals surface area contributed by atoms with Gasteiger partial charge in [-0.1, -0.05) is 0 Å². The summed E-state index contributed by atoms with van der Waals surface area (Å²) in [6.45, 7) is 1.97. The zero-order valence-corrected chi connectivity index (χ0v) is 10.9. The lowest BCUT2D eigenvalue weighted by molar-refractivity contribution is 0.0327. The minimum atomic E-state index is 0.393. The molecule has 3 N–H and O–H groups in total. The lowest BCUT2D eigenvalue weighted by Crippen LogP contribution is -2.40. The largest absolute Gasteiger partial charge is 0.383 e. The number of anilines is 2. The summed E-state index contributed by atoms with van der Waals surface area (Å²) in [5.74, 6) is 2.95. The summed E-state index contributed by atoms with van der Waals surface area (Å²) in [5, 5.41) is 3.46. The lowest BCUT2D eigenvalue weighted by atomic mass is 9.89. The maximum Gasteiger partial charge on any atom is 0.136 e. The summed E-state index contributed by atoms with van der Waals surface area (Å²) in [6.07, 6.45) is 4.86. The molecule has 5 heteroatoms. The van der Waals surface area contributed by atoms with E-state index in [0.29, 0.717) is 23.9 Å². The van der Waals surface area contributed by atoms with E-state index < -0.39 is 0 Å². The van der Waals surface area contributed by atoms with Crippen LogP contribution in [0.25, 0.3) is 0 Å². The first-order valence-corrected chi connectivity index (χ1v) is 6.60. The average Bonchev–Trinajstić information content (AvgIpc) is 3.11. The first kappa shape index (κ1) is 11.7. The molecule has 18 heavy (non-hydrogen) atoms. The van der Waals surface area contributed by atoms with E-state index in [1.54, 1.807) is 7.11 Å². The first-order chi connectivity index (χ1) is 8.67. The summed E-state index contributed by atoms with van der Waals surface area (Å²) in [7, 11) is 1.76. The first-order valence-electron chi connectivity index (χ1n) is 6.60. The highest BCUT2D eigenvalue weighted by Gasteiger charge is 2.31. The van der Waals surface area contributed by atoms with Gasteiger partial charge in [0.1, 0.15) is 17.5 Å². The van der Waals surface area contributed by atoms with Crippen molar-refractivity contribution in [3.05, 3.63) is 11.4 Å². The van der Waals surface area contributed by atoms with Crippen LogP contribution in [0.3, 0.4) is 0 Å². The van der Waals surface area contributed by atoms with Crippen LogP contribution < -0.4 is 11.1 Å². The Hall–Kier alpha value is -1.36. The third-order valence-electron chi connectivity index (χ3n) is 3.91. The number of nitrogens with zero attached hydrogens (tertiary/aromatic N) is 2. The van der Waals surface area contributed by atoms with Gasteiger partial charge in [-0.15, -0.1) is 0 Å². The van der Waals surface area contributed by atoms with Gasteiger partial charge in [-0.3, -0.25) is 0 Å². The number of methoxy groups -OCH3 is 1. The molecule has 0 aliphatic heterocycles. The van der Waals surface area contributed by atoms with Gasteiger partial charge in [0.05, 0.1) is 6.10 Å². The van der Waals surface area contributed by atoms with E-state index in [4.69, 9.17) is 10.5 Å². The molecule has 1 aromatic rings. The number of hydrogen-bond acceptors (Lipinski definition) is 5. The molecule has 0 amide bonds. The highest BCUT2D eigenvalue weighted by Crippen LogP contribution is 2.39. The molecule has 0 unspecified atom stereocenters. The van der Waals surface area contributed by atoms with E-state index in [1.165, 1.54) is 12.8 Å². The van der Waals surface area contributed by atoms with Gasteiger partial charge < -0.3 is 15.8 Å². The summed E-state index contributed by atoms with van der Waals surface area (Å²) >= 11 is 0. The van der Waals surface area contributed by atoms with Crippen molar-refractivity contribution >= 4 is 11.6 Å². The van der Waals surface area contributed by atoms with Crippen molar-refractivity contribution < 1.29 is 4.74 Å². The number of aromatic nitrogens is 2. The molecule has 5 nitrogen and oxygen atoms in total. The van der Waals surface area contributed by atoms with Gasteiger partial charge in [0, 0.05) is 24.6 Å². The van der Waals surface area contributed by atoms with Gasteiger partial charge in [-0.25, -0.2) is 9.97 Å². The van der Waals surface area contributed by atoms with Gasteiger partial charge in [0.15, 0.2) is 0 Å². The number of ether oxygens (including phenoxy) is 1. The molecule has 2 aliphatic carbocycles. The van der Waals surface area contributed by atoms with Gasteiger partial charge >= 0.3 is 0 Å². The molecule has 3 rings (SSSR count). The number of rotatable bonds is 4. The van der Waals surface area contributed by atoms with E-state index in [2.05, 4.69) is 15.3 Å². The van der Waals surface area contributed by atoms with Crippen LogP contribution in [0.2, 0.25) is 0 Å². The third-order valence-corrected chi connectivity index (χ3v) is 3.91. The molecule has 0 spiro atoms. The molecule has 2 aliphatic rings.